The van der Waals surface area contributed by atoms with Crippen LogP contribution in [0, 0.1) is 0 Å². The minimum absolute atomic E-state index is 0.377. The highest BCUT2D eigenvalue weighted by atomic mass is 16.5. The lowest BCUT2D eigenvalue weighted by Gasteiger charge is -2.10. The molecule has 0 aliphatic carbocycles. The van der Waals surface area contributed by atoms with Crippen molar-refractivity contribution in [2.24, 2.45) is 5.73 Å². The number of primary amides is 1. The van der Waals surface area contributed by atoms with Crippen LogP contribution in [0.5, 0.6) is 11.5 Å². The number of nitrogens with one attached hydrogen (secondary N) is 1. The van der Waals surface area contributed by atoms with Gasteiger partial charge in [0.05, 0.1) is 17.6 Å². The number of imidazole rings is 1. The number of H-pyrrole nitrogens is 1. The predicted molar refractivity (Wildman–Crippen MR) is 100 cm³/mol. The summed E-state index contributed by atoms with van der Waals surface area (Å²) < 4.78 is 10.6. The number of ether oxygens (including phenoxy) is 2. The van der Waals surface area contributed by atoms with Crippen molar-refractivity contribution in [1.29, 1.82) is 0 Å². The molecular formula is C19H22N4O3. The molecule has 3 aromatic rings. The molecule has 1 amide bonds. The number of aromatic nitrogens is 2. The summed E-state index contributed by atoms with van der Waals surface area (Å²) in [5.41, 5.74) is 7.52. The molecule has 1 heterocycles. The number of fused-ring (bicyclic) bond motifs is 1. The zero-order valence-corrected chi connectivity index (χ0v) is 14.9. The van der Waals surface area contributed by atoms with Crippen molar-refractivity contribution in [3.8, 4) is 22.9 Å². The monoisotopic (exact) mass is 354 g/mol. The Bertz CT molecular complexity index is 887. The van der Waals surface area contributed by atoms with Gasteiger partial charge in [0.15, 0.2) is 0 Å². The van der Waals surface area contributed by atoms with Crippen molar-refractivity contribution in [3.05, 3.63) is 42.5 Å². The molecule has 0 aliphatic rings. The first kappa shape index (κ1) is 17.8. The number of hydrogen-bond donors (Lipinski definition) is 2. The van der Waals surface area contributed by atoms with Gasteiger partial charge in [-0.1, -0.05) is 0 Å². The first-order valence-electron chi connectivity index (χ1n) is 8.36. The molecule has 3 rings (SSSR count). The summed E-state index contributed by atoms with van der Waals surface area (Å²) in [5.74, 6) is 1.94. The molecule has 0 bridgehead atoms. The van der Waals surface area contributed by atoms with E-state index >= 15 is 0 Å². The third kappa shape index (κ3) is 4.52. The Labute approximate surface area is 151 Å². The Morgan fingerprint density at radius 1 is 1.15 bits per heavy atom. The fourth-order valence-electron chi connectivity index (χ4n) is 2.58. The fourth-order valence-corrected chi connectivity index (χ4v) is 2.58. The van der Waals surface area contributed by atoms with Crippen molar-refractivity contribution < 1.29 is 14.3 Å². The zero-order chi connectivity index (χ0) is 18.5. The van der Waals surface area contributed by atoms with E-state index in [4.69, 9.17) is 15.2 Å². The van der Waals surface area contributed by atoms with Crippen LogP contribution in [-0.2, 0) is 0 Å². The Morgan fingerprint density at radius 2 is 1.88 bits per heavy atom. The lowest BCUT2D eigenvalue weighted by molar-refractivity contribution is 0.211. The summed E-state index contributed by atoms with van der Waals surface area (Å²) >= 11 is 0. The van der Waals surface area contributed by atoms with Crippen LogP contribution in [-0.4, -0.2) is 48.2 Å². The molecule has 0 aliphatic heterocycles. The Hall–Kier alpha value is -3.06. The van der Waals surface area contributed by atoms with Crippen molar-refractivity contribution in [1.82, 2.24) is 14.9 Å². The molecule has 7 nitrogen and oxygen atoms in total. The predicted octanol–water partition coefficient (Wildman–Crippen LogP) is 3.02. The summed E-state index contributed by atoms with van der Waals surface area (Å²) in [6.07, 6.45) is 0.138. The molecule has 0 spiro atoms. The van der Waals surface area contributed by atoms with Gasteiger partial charge in [-0.15, -0.1) is 0 Å². The molecule has 0 saturated carbocycles. The average molecular weight is 354 g/mol. The van der Waals surface area contributed by atoms with Gasteiger partial charge in [0, 0.05) is 18.2 Å². The second kappa shape index (κ2) is 7.88. The largest absolute Gasteiger partial charge is 0.494 e. The quantitative estimate of drug-likeness (QED) is 0.636. The highest BCUT2D eigenvalue weighted by Gasteiger charge is 2.08. The molecule has 1 aromatic heterocycles. The summed E-state index contributed by atoms with van der Waals surface area (Å²) in [7, 11) is 4.09. The first-order valence-corrected chi connectivity index (χ1v) is 8.36. The highest BCUT2D eigenvalue weighted by Crippen LogP contribution is 2.25. The van der Waals surface area contributed by atoms with Gasteiger partial charge < -0.3 is 25.1 Å². The number of nitrogens with two attached hydrogens (primary N) is 1. The SMILES string of the molecule is CN(C)CCCOc1ccc(-c2nc3ccc(OC(N)=O)cc3[nH]2)cc1. The summed E-state index contributed by atoms with van der Waals surface area (Å²) in [4.78, 5) is 20.8. The Morgan fingerprint density at radius 3 is 2.58 bits per heavy atom. The summed E-state index contributed by atoms with van der Waals surface area (Å²) in [6, 6.07) is 12.9. The molecule has 7 heteroatoms. The van der Waals surface area contributed by atoms with Crippen molar-refractivity contribution in [2.75, 3.05) is 27.2 Å². The van der Waals surface area contributed by atoms with E-state index in [0.717, 1.165) is 41.1 Å². The van der Waals surface area contributed by atoms with E-state index in [1.54, 1.807) is 18.2 Å². The lowest BCUT2D eigenvalue weighted by Crippen LogP contribution is -2.16. The van der Waals surface area contributed by atoms with E-state index in [0.29, 0.717) is 12.4 Å². The van der Waals surface area contributed by atoms with Gasteiger partial charge in [-0.25, -0.2) is 9.78 Å². The van der Waals surface area contributed by atoms with Gasteiger partial charge in [0.25, 0.3) is 0 Å². The number of carbonyl (C=O) groups excluding carboxylic acids is 1. The molecule has 0 radical (unpaired) electrons. The maximum absolute atomic E-state index is 10.9. The number of aromatic amines is 1. The van der Waals surface area contributed by atoms with Crippen LogP contribution in [0.15, 0.2) is 42.5 Å². The molecule has 136 valence electrons. The van der Waals surface area contributed by atoms with Crippen LogP contribution in [0.1, 0.15) is 6.42 Å². The smallest absolute Gasteiger partial charge is 0.409 e. The van der Waals surface area contributed by atoms with Crippen LogP contribution in [0.4, 0.5) is 4.79 Å². The van der Waals surface area contributed by atoms with Crippen LogP contribution in [0.2, 0.25) is 0 Å². The van der Waals surface area contributed by atoms with E-state index in [1.807, 2.05) is 38.4 Å². The second-order valence-electron chi connectivity index (χ2n) is 6.22. The van der Waals surface area contributed by atoms with Crippen molar-refractivity contribution in [3.63, 3.8) is 0 Å². The van der Waals surface area contributed by atoms with Crippen LogP contribution in [0.3, 0.4) is 0 Å². The van der Waals surface area contributed by atoms with Crippen LogP contribution in [0.25, 0.3) is 22.4 Å². The third-order valence-electron chi connectivity index (χ3n) is 3.82. The van der Waals surface area contributed by atoms with Gasteiger partial charge in [-0.05, 0) is 56.9 Å². The Kier molecular flexibility index (Phi) is 5.38. The molecule has 3 N–H and O–H groups in total. The fraction of sp³-hybridized carbons (Fsp3) is 0.263. The number of carbonyl (C=O) groups is 1. The zero-order valence-electron chi connectivity index (χ0n) is 14.9. The number of hydrogen-bond acceptors (Lipinski definition) is 5. The normalized spacial score (nSPS) is 11.0. The van der Waals surface area contributed by atoms with Gasteiger partial charge in [-0.3, -0.25) is 0 Å². The first-order chi connectivity index (χ1) is 12.5. The maximum atomic E-state index is 10.9. The average Bonchev–Trinajstić information content (AvgIpc) is 3.02. The Balaban J connectivity index is 1.69. The molecule has 0 atom stereocenters. The number of rotatable bonds is 7. The highest BCUT2D eigenvalue weighted by molar-refractivity contribution is 5.81. The number of amides is 1. The van der Waals surface area contributed by atoms with E-state index in [9.17, 15) is 4.79 Å². The van der Waals surface area contributed by atoms with E-state index in [1.165, 1.54) is 0 Å². The standard InChI is InChI=1S/C19H22N4O3/c1-23(2)10-3-11-25-14-6-4-13(5-7-14)18-21-16-9-8-15(26-19(20)24)12-17(16)22-18/h4-9,12H,3,10-11H2,1-2H3,(H2,20,24)(H,21,22). The molecule has 0 saturated heterocycles. The van der Waals surface area contributed by atoms with Gasteiger partial charge >= 0.3 is 6.09 Å². The number of benzene rings is 2. The lowest BCUT2D eigenvalue weighted by atomic mass is 10.2. The van der Waals surface area contributed by atoms with Crippen LogP contribution >= 0.6 is 0 Å². The topological polar surface area (TPSA) is 93.5 Å². The maximum Gasteiger partial charge on any atom is 0.409 e. The summed E-state index contributed by atoms with van der Waals surface area (Å²) in [5, 5.41) is 0. The molecule has 0 fully saturated rings. The molecule has 26 heavy (non-hydrogen) atoms. The van der Waals surface area contributed by atoms with Crippen LogP contribution < -0.4 is 15.2 Å². The molecule has 0 unspecified atom stereocenters. The van der Waals surface area contributed by atoms with E-state index < -0.39 is 6.09 Å². The third-order valence-corrected chi connectivity index (χ3v) is 3.82. The molecular weight excluding hydrogens is 332 g/mol. The minimum atomic E-state index is -0.842. The molecule has 2 aromatic carbocycles. The van der Waals surface area contributed by atoms with Gasteiger partial charge in [0.1, 0.15) is 17.3 Å². The van der Waals surface area contributed by atoms with Gasteiger partial charge in [-0.2, -0.15) is 0 Å². The minimum Gasteiger partial charge on any atom is -0.494 e. The second-order valence-corrected chi connectivity index (χ2v) is 6.22. The van der Waals surface area contributed by atoms with E-state index in [2.05, 4.69) is 14.9 Å². The summed E-state index contributed by atoms with van der Waals surface area (Å²) in [6.45, 7) is 1.68. The van der Waals surface area contributed by atoms with Crippen molar-refractivity contribution in [2.45, 2.75) is 6.42 Å². The number of nitrogens with zero attached hydrogens (tertiary/aromatic N) is 2. The van der Waals surface area contributed by atoms with E-state index in [-0.39, 0.29) is 0 Å². The van der Waals surface area contributed by atoms with Gasteiger partial charge in [0.2, 0.25) is 0 Å². The van der Waals surface area contributed by atoms with Crippen molar-refractivity contribution >= 4 is 17.1 Å².